The second kappa shape index (κ2) is 5.94. The summed E-state index contributed by atoms with van der Waals surface area (Å²) >= 11 is 0. The number of nitrogen functional groups attached to an aromatic ring is 1. The molecule has 0 aromatic heterocycles. The van der Waals surface area contributed by atoms with E-state index in [0.29, 0.717) is 5.56 Å². The van der Waals surface area contributed by atoms with E-state index in [1.165, 1.54) is 25.1 Å². The van der Waals surface area contributed by atoms with Gasteiger partial charge in [0.25, 0.3) is 0 Å². The maximum absolute atomic E-state index is 13.1. The van der Waals surface area contributed by atoms with Crippen LogP contribution < -0.4 is 16.4 Å². The van der Waals surface area contributed by atoms with Crippen LogP contribution in [-0.2, 0) is 17.3 Å². The summed E-state index contributed by atoms with van der Waals surface area (Å²) in [5, 5.41) is 0. The lowest BCUT2D eigenvalue weighted by molar-refractivity contribution is -0.137. The molecule has 0 spiro atoms. The predicted molar refractivity (Wildman–Crippen MR) is 78.6 cm³/mol. The van der Waals surface area contributed by atoms with E-state index in [1.54, 1.807) is 13.8 Å². The molecule has 4 N–H and O–H groups in total. The van der Waals surface area contributed by atoms with Gasteiger partial charge in [0.15, 0.2) is 0 Å². The van der Waals surface area contributed by atoms with Crippen LogP contribution in [0.1, 0.15) is 25.0 Å². The lowest BCUT2D eigenvalue weighted by Gasteiger charge is -2.27. The number of primary amides is 1. The van der Waals surface area contributed by atoms with Crippen molar-refractivity contribution >= 4 is 17.5 Å². The van der Waals surface area contributed by atoms with Crippen molar-refractivity contribution in [3.05, 3.63) is 23.3 Å². The molecule has 0 aliphatic heterocycles. The van der Waals surface area contributed by atoms with Crippen LogP contribution in [0.15, 0.2) is 12.1 Å². The van der Waals surface area contributed by atoms with Gasteiger partial charge in [-0.05, 0) is 31.5 Å². The molecule has 5 nitrogen and oxygen atoms in total. The minimum atomic E-state index is -4.51. The normalized spacial score (nSPS) is 12.1. The summed E-state index contributed by atoms with van der Waals surface area (Å²) in [5.41, 5.74) is 9.34. The molecule has 0 radical (unpaired) electrons. The monoisotopic (exact) mass is 319 g/mol. The maximum atomic E-state index is 13.1. The average molecular weight is 319 g/mol. The molecule has 124 valence electrons. The van der Waals surface area contributed by atoms with Gasteiger partial charge >= 0.3 is 12.3 Å². The molecule has 1 aromatic rings. The Hall–Kier alpha value is -2.12. The summed E-state index contributed by atoms with van der Waals surface area (Å²) < 4.78 is 44.1. The molecule has 22 heavy (non-hydrogen) atoms. The highest BCUT2D eigenvalue weighted by Gasteiger charge is 2.35. The van der Waals surface area contributed by atoms with E-state index in [-0.39, 0.29) is 17.8 Å². The van der Waals surface area contributed by atoms with Gasteiger partial charge in [-0.25, -0.2) is 4.79 Å². The molecule has 0 heterocycles. The number of nitrogens with zero attached hydrogens (tertiary/aromatic N) is 1. The molecule has 1 aromatic carbocycles. The van der Waals surface area contributed by atoms with Crippen molar-refractivity contribution < 1.29 is 22.7 Å². The zero-order valence-corrected chi connectivity index (χ0v) is 12.9. The lowest BCUT2D eigenvalue weighted by Crippen LogP contribution is -2.33. The first kappa shape index (κ1) is 17.9. The van der Waals surface area contributed by atoms with Gasteiger partial charge in [0.2, 0.25) is 0 Å². The van der Waals surface area contributed by atoms with Gasteiger partial charge in [0, 0.05) is 31.9 Å². The maximum Gasteiger partial charge on any atom is 0.418 e. The highest BCUT2D eigenvalue weighted by atomic mass is 19.4. The Labute approximate surface area is 127 Å². The number of carbonyl (C=O) groups is 1. The van der Waals surface area contributed by atoms with Gasteiger partial charge in [-0.1, -0.05) is 0 Å². The molecule has 0 atom stereocenters. The fourth-order valence-corrected chi connectivity index (χ4v) is 2.17. The second-order valence-electron chi connectivity index (χ2n) is 5.82. The van der Waals surface area contributed by atoms with Crippen molar-refractivity contribution in [2.24, 2.45) is 5.73 Å². The summed E-state index contributed by atoms with van der Waals surface area (Å²) in [6.45, 7) is 3.20. The van der Waals surface area contributed by atoms with Crippen molar-refractivity contribution in [1.29, 1.82) is 0 Å². The van der Waals surface area contributed by atoms with Crippen molar-refractivity contribution in [3.63, 3.8) is 0 Å². The van der Waals surface area contributed by atoms with E-state index < -0.39 is 23.4 Å². The van der Waals surface area contributed by atoms with Gasteiger partial charge in [0.1, 0.15) is 5.60 Å². The third-order valence-corrected chi connectivity index (χ3v) is 3.04. The molecule has 1 rings (SSSR count). The summed E-state index contributed by atoms with van der Waals surface area (Å²) in [6, 6.07) is 2.25. The number of carbonyl (C=O) groups excluding carboxylic acids is 1. The van der Waals surface area contributed by atoms with Crippen LogP contribution >= 0.6 is 0 Å². The van der Waals surface area contributed by atoms with E-state index in [4.69, 9.17) is 16.2 Å². The van der Waals surface area contributed by atoms with Crippen LogP contribution in [0.25, 0.3) is 0 Å². The second-order valence-corrected chi connectivity index (χ2v) is 5.82. The van der Waals surface area contributed by atoms with Crippen molar-refractivity contribution in [1.82, 2.24) is 0 Å². The predicted octanol–water partition coefficient (Wildman–Crippen LogP) is 2.77. The molecule has 0 fully saturated rings. The topological polar surface area (TPSA) is 81.6 Å². The van der Waals surface area contributed by atoms with Gasteiger partial charge in [-0.15, -0.1) is 0 Å². The Morgan fingerprint density at radius 3 is 2.23 bits per heavy atom. The number of ether oxygens (including phenoxy) is 1. The molecule has 1 amide bonds. The Kier molecular flexibility index (Phi) is 4.84. The van der Waals surface area contributed by atoms with Gasteiger partial charge < -0.3 is 21.1 Å². The average Bonchev–Trinajstić information content (AvgIpc) is 2.27. The Balaban J connectivity index is 3.29. The number of hydrogen-bond acceptors (Lipinski definition) is 4. The molecule has 0 saturated heterocycles. The van der Waals surface area contributed by atoms with Crippen LogP contribution in [0.2, 0.25) is 0 Å². The summed E-state index contributed by atoms with van der Waals surface area (Å²) in [4.78, 5) is 12.2. The quantitative estimate of drug-likeness (QED) is 0.836. The van der Waals surface area contributed by atoms with Gasteiger partial charge in [-0.2, -0.15) is 13.2 Å². The third kappa shape index (κ3) is 4.44. The Morgan fingerprint density at radius 2 is 1.82 bits per heavy atom. The van der Waals surface area contributed by atoms with E-state index >= 15 is 0 Å². The smallest absolute Gasteiger partial charge is 0.418 e. The molecule has 0 bridgehead atoms. The van der Waals surface area contributed by atoms with Crippen LogP contribution in [0.5, 0.6) is 0 Å². The highest BCUT2D eigenvalue weighted by Crippen LogP contribution is 2.39. The zero-order chi connectivity index (χ0) is 17.3. The standard InChI is InChI=1S/C14H20F3N3O2/c1-13(2,22-12(19)21)7-8-5-11(20(3)4)9(6-10(8)18)14(15,16)17/h5-6H,7,18H2,1-4H3,(H2,19,21). The summed E-state index contributed by atoms with van der Waals surface area (Å²) in [7, 11) is 3.02. The fraction of sp³-hybridized carbons (Fsp3) is 0.500. The first-order chi connectivity index (χ1) is 9.83. The van der Waals surface area contributed by atoms with Gasteiger partial charge in [-0.3, -0.25) is 0 Å². The molecule has 0 aliphatic rings. The zero-order valence-electron chi connectivity index (χ0n) is 12.9. The van der Waals surface area contributed by atoms with E-state index in [1.807, 2.05) is 0 Å². The number of amides is 1. The number of anilines is 2. The minimum absolute atomic E-state index is 0.00780. The van der Waals surface area contributed by atoms with E-state index in [9.17, 15) is 18.0 Å². The molecule has 0 saturated carbocycles. The van der Waals surface area contributed by atoms with Crippen LogP contribution in [0.3, 0.4) is 0 Å². The van der Waals surface area contributed by atoms with Crippen LogP contribution in [0, 0.1) is 0 Å². The van der Waals surface area contributed by atoms with E-state index in [0.717, 1.165) is 6.07 Å². The SMILES string of the molecule is CN(C)c1cc(CC(C)(C)OC(N)=O)c(N)cc1C(F)(F)F. The Bertz CT molecular complexity index is 569. The molecule has 0 aliphatic carbocycles. The van der Waals surface area contributed by atoms with Gasteiger partial charge in [0.05, 0.1) is 5.56 Å². The summed E-state index contributed by atoms with van der Waals surface area (Å²) in [6.07, 6.45) is -5.32. The van der Waals surface area contributed by atoms with Crippen LogP contribution in [-0.4, -0.2) is 25.8 Å². The lowest BCUT2D eigenvalue weighted by atomic mass is 9.94. The molecular formula is C14H20F3N3O2. The molecular weight excluding hydrogens is 299 g/mol. The third-order valence-electron chi connectivity index (χ3n) is 3.04. The first-order valence-corrected chi connectivity index (χ1v) is 6.49. The van der Waals surface area contributed by atoms with Crippen molar-refractivity contribution in [2.75, 3.05) is 24.7 Å². The fourth-order valence-electron chi connectivity index (χ4n) is 2.17. The highest BCUT2D eigenvalue weighted by molar-refractivity contribution is 5.66. The minimum Gasteiger partial charge on any atom is -0.443 e. The van der Waals surface area contributed by atoms with Crippen LogP contribution in [0.4, 0.5) is 29.3 Å². The number of hydrogen-bond donors (Lipinski definition) is 2. The molecule has 0 unspecified atom stereocenters. The molecule has 8 heteroatoms. The van der Waals surface area contributed by atoms with Crippen molar-refractivity contribution in [2.45, 2.75) is 32.0 Å². The first-order valence-electron chi connectivity index (χ1n) is 6.49. The summed E-state index contributed by atoms with van der Waals surface area (Å²) in [5.74, 6) is 0. The number of rotatable bonds is 4. The number of alkyl halides is 3. The number of nitrogens with two attached hydrogens (primary N) is 2. The number of halogens is 3. The Morgan fingerprint density at radius 1 is 1.27 bits per heavy atom. The van der Waals surface area contributed by atoms with E-state index in [2.05, 4.69) is 0 Å². The number of benzene rings is 1. The van der Waals surface area contributed by atoms with Crippen molar-refractivity contribution in [3.8, 4) is 0 Å². The largest absolute Gasteiger partial charge is 0.443 e.